The summed E-state index contributed by atoms with van der Waals surface area (Å²) in [6, 6.07) is 13.2. The van der Waals surface area contributed by atoms with Gasteiger partial charge in [0.05, 0.1) is 11.5 Å². The molecule has 0 aliphatic rings. The average Bonchev–Trinajstić information content (AvgIpc) is 2.62. The highest BCUT2D eigenvalue weighted by Crippen LogP contribution is 2.24. The maximum Gasteiger partial charge on any atom is 0.344 e. The number of fused-ring (bicyclic) bond motifs is 1. The van der Waals surface area contributed by atoms with Gasteiger partial charge in [0.15, 0.2) is 0 Å². The number of H-pyrrole nitrogens is 1. The number of benzene rings is 2. The molecule has 132 valence electrons. The number of carbonyl (C=O) groups excluding carboxylic acids is 1. The minimum absolute atomic E-state index is 0.0469. The molecule has 0 atom stereocenters. The first kappa shape index (κ1) is 17.3. The lowest BCUT2D eigenvalue weighted by atomic mass is 9.96. The van der Waals surface area contributed by atoms with Crippen LogP contribution < -0.4 is 5.56 Å². The van der Waals surface area contributed by atoms with E-state index in [4.69, 9.17) is 4.74 Å². The van der Waals surface area contributed by atoms with Gasteiger partial charge in [0.1, 0.15) is 5.56 Å². The van der Waals surface area contributed by atoms with E-state index in [2.05, 4.69) is 4.98 Å². The lowest BCUT2D eigenvalue weighted by Gasteiger charge is -2.12. The van der Waals surface area contributed by atoms with Gasteiger partial charge >= 0.3 is 5.97 Å². The van der Waals surface area contributed by atoms with E-state index in [0.29, 0.717) is 22.0 Å². The SMILES string of the molecule is CCOC(=O)c1c(Cc2cccc([N+](=O)[O-])c2)c2ccccc2[nH]c1=O. The fraction of sp³-hybridized carbons (Fsp3) is 0.158. The summed E-state index contributed by atoms with van der Waals surface area (Å²) in [5.41, 5.74) is 1.05. The van der Waals surface area contributed by atoms with Crippen LogP contribution in [0.2, 0.25) is 0 Å². The van der Waals surface area contributed by atoms with Crippen molar-refractivity contribution in [3.8, 4) is 0 Å². The molecule has 0 aliphatic carbocycles. The van der Waals surface area contributed by atoms with Crippen molar-refractivity contribution in [3.05, 3.63) is 85.7 Å². The standard InChI is InChI=1S/C19H16N2O5/c1-2-26-19(23)17-15(11-12-6-5-7-13(10-12)21(24)25)14-8-3-4-9-16(14)20-18(17)22/h3-10H,2,11H2,1H3,(H,20,22). The van der Waals surface area contributed by atoms with Crippen molar-refractivity contribution < 1.29 is 14.5 Å². The number of nitrogens with zero attached hydrogens (tertiary/aromatic N) is 1. The highest BCUT2D eigenvalue weighted by molar-refractivity contribution is 5.97. The van der Waals surface area contributed by atoms with Gasteiger partial charge in [0.2, 0.25) is 0 Å². The predicted molar refractivity (Wildman–Crippen MR) is 96.4 cm³/mol. The zero-order chi connectivity index (χ0) is 18.7. The average molecular weight is 352 g/mol. The molecule has 26 heavy (non-hydrogen) atoms. The Hall–Kier alpha value is -3.48. The van der Waals surface area contributed by atoms with Gasteiger partial charge in [0.25, 0.3) is 11.2 Å². The van der Waals surface area contributed by atoms with Gasteiger partial charge in [-0.05, 0) is 30.5 Å². The Morgan fingerprint density at radius 1 is 1.19 bits per heavy atom. The van der Waals surface area contributed by atoms with E-state index >= 15 is 0 Å². The molecule has 1 aromatic heterocycles. The van der Waals surface area contributed by atoms with Crippen LogP contribution in [-0.2, 0) is 11.2 Å². The molecule has 7 heteroatoms. The minimum atomic E-state index is -0.708. The lowest BCUT2D eigenvalue weighted by Crippen LogP contribution is -2.23. The number of esters is 1. The molecule has 3 aromatic rings. The molecule has 0 amide bonds. The second kappa shape index (κ2) is 7.18. The number of ether oxygens (including phenoxy) is 1. The van der Waals surface area contributed by atoms with Crippen LogP contribution in [0.3, 0.4) is 0 Å². The van der Waals surface area contributed by atoms with Crippen LogP contribution in [0.1, 0.15) is 28.4 Å². The second-order valence-corrected chi connectivity index (χ2v) is 5.68. The second-order valence-electron chi connectivity index (χ2n) is 5.68. The monoisotopic (exact) mass is 352 g/mol. The van der Waals surface area contributed by atoms with Crippen LogP contribution in [0.15, 0.2) is 53.3 Å². The molecule has 0 fully saturated rings. The Labute approximate surface area is 148 Å². The molecular formula is C19H16N2O5. The third-order valence-corrected chi connectivity index (χ3v) is 4.01. The smallest absolute Gasteiger partial charge is 0.344 e. The first-order valence-corrected chi connectivity index (χ1v) is 8.05. The summed E-state index contributed by atoms with van der Waals surface area (Å²) in [4.78, 5) is 38.0. The fourth-order valence-corrected chi connectivity index (χ4v) is 2.90. The molecule has 0 saturated heterocycles. The third kappa shape index (κ3) is 3.32. The van der Waals surface area contributed by atoms with Gasteiger partial charge < -0.3 is 9.72 Å². The molecule has 1 N–H and O–H groups in total. The van der Waals surface area contributed by atoms with E-state index in [1.807, 2.05) is 0 Å². The maximum absolute atomic E-state index is 12.5. The van der Waals surface area contributed by atoms with E-state index in [1.165, 1.54) is 12.1 Å². The number of hydrogen-bond acceptors (Lipinski definition) is 5. The highest BCUT2D eigenvalue weighted by Gasteiger charge is 2.21. The van der Waals surface area contributed by atoms with Crippen molar-refractivity contribution in [2.45, 2.75) is 13.3 Å². The van der Waals surface area contributed by atoms with Crippen LogP contribution >= 0.6 is 0 Å². The Balaban J connectivity index is 2.20. The Morgan fingerprint density at radius 2 is 1.96 bits per heavy atom. The lowest BCUT2D eigenvalue weighted by molar-refractivity contribution is -0.384. The summed E-state index contributed by atoms with van der Waals surface area (Å²) >= 11 is 0. The van der Waals surface area contributed by atoms with Crippen molar-refractivity contribution >= 4 is 22.6 Å². The van der Waals surface area contributed by atoms with E-state index in [0.717, 1.165) is 0 Å². The van der Waals surface area contributed by atoms with Gasteiger partial charge in [-0.15, -0.1) is 0 Å². The van der Waals surface area contributed by atoms with Crippen molar-refractivity contribution in [2.24, 2.45) is 0 Å². The van der Waals surface area contributed by atoms with Crippen LogP contribution in [0.25, 0.3) is 10.9 Å². The van der Waals surface area contributed by atoms with Crippen molar-refractivity contribution in [1.29, 1.82) is 0 Å². The predicted octanol–water partition coefficient (Wildman–Crippen LogP) is 3.20. The number of rotatable bonds is 5. The minimum Gasteiger partial charge on any atom is -0.462 e. The van der Waals surface area contributed by atoms with Gasteiger partial charge in [-0.25, -0.2) is 4.79 Å². The Kier molecular flexibility index (Phi) is 4.79. The molecule has 0 bridgehead atoms. The number of nitro groups is 1. The topological polar surface area (TPSA) is 102 Å². The van der Waals surface area contributed by atoms with Crippen LogP contribution in [0, 0.1) is 10.1 Å². The number of pyridine rings is 1. The molecule has 7 nitrogen and oxygen atoms in total. The van der Waals surface area contributed by atoms with E-state index in [9.17, 15) is 19.7 Å². The number of carbonyl (C=O) groups is 1. The van der Waals surface area contributed by atoms with Crippen LogP contribution in [0.5, 0.6) is 0 Å². The number of aromatic nitrogens is 1. The molecule has 0 spiro atoms. The van der Waals surface area contributed by atoms with Gasteiger partial charge in [-0.1, -0.05) is 30.3 Å². The quantitative estimate of drug-likeness (QED) is 0.431. The van der Waals surface area contributed by atoms with Crippen LogP contribution in [0.4, 0.5) is 5.69 Å². The van der Waals surface area contributed by atoms with E-state index in [1.54, 1.807) is 43.3 Å². The summed E-state index contributed by atoms with van der Waals surface area (Å²) in [6.45, 7) is 1.80. The fourth-order valence-electron chi connectivity index (χ4n) is 2.90. The molecular weight excluding hydrogens is 336 g/mol. The third-order valence-electron chi connectivity index (χ3n) is 4.01. The Bertz CT molecular complexity index is 1060. The molecule has 0 aliphatic heterocycles. The van der Waals surface area contributed by atoms with Gasteiger partial charge in [0, 0.05) is 23.0 Å². The first-order valence-electron chi connectivity index (χ1n) is 8.05. The number of hydrogen-bond donors (Lipinski definition) is 1. The molecule has 1 heterocycles. The Morgan fingerprint density at radius 3 is 2.69 bits per heavy atom. The molecule has 3 rings (SSSR count). The molecule has 0 unspecified atom stereocenters. The van der Waals surface area contributed by atoms with E-state index < -0.39 is 16.5 Å². The number of nitrogens with one attached hydrogen (secondary N) is 1. The summed E-state index contributed by atoms with van der Waals surface area (Å²) in [6.07, 6.45) is 0.195. The van der Waals surface area contributed by atoms with E-state index in [-0.39, 0.29) is 24.3 Å². The number of para-hydroxylation sites is 1. The van der Waals surface area contributed by atoms with Crippen molar-refractivity contribution in [3.63, 3.8) is 0 Å². The molecule has 0 saturated carbocycles. The first-order chi connectivity index (χ1) is 12.5. The summed E-state index contributed by atoms with van der Waals surface area (Å²) < 4.78 is 5.03. The number of aromatic amines is 1. The largest absolute Gasteiger partial charge is 0.462 e. The summed E-state index contributed by atoms with van der Waals surface area (Å²) in [5, 5.41) is 11.7. The normalized spacial score (nSPS) is 10.7. The van der Waals surface area contributed by atoms with Crippen molar-refractivity contribution in [2.75, 3.05) is 6.61 Å². The van der Waals surface area contributed by atoms with Gasteiger partial charge in [-0.2, -0.15) is 0 Å². The zero-order valence-corrected chi connectivity index (χ0v) is 14.0. The summed E-state index contributed by atoms with van der Waals surface area (Å²) in [5.74, 6) is -0.708. The summed E-state index contributed by atoms with van der Waals surface area (Å²) in [7, 11) is 0. The van der Waals surface area contributed by atoms with Crippen LogP contribution in [-0.4, -0.2) is 22.5 Å². The molecule has 0 radical (unpaired) electrons. The van der Waals surface area contributed by atoms with Gasteiger partial charge in [-0.3, -0.25) is 14.9 Å². The zero-order valence-electron chi connectivity index (χ0n) is 14.0. The highest BCUT2D eigenvalue weighted by atomic mass is 16.6. The number of non-ortho nitro benzene ring substituents is 1. The number of nitro benzene ring substituents is 1. The van der Waals surface area contributed by atoms with Crippen molar-refractivity contribution in [1.82, 2.24) is 4.98 Å². The molecule has 2 aromatic carbocycles. The maximum atomic E-state index is 12.5.